The molecule has 2 aromatic heterocycles. The van der Waals surface area contributed by atoms with Crippen LogP contribution in [-0.2, 0) is 0 Å². The van der Waals surface area contributed by atoms with Crippen molar-refractivity contribution in [1.29, 1.82) is 5.26 Å². The monoisotopic (exact) mass is 288 g/mol. The second kappa shape index (κ2) is 5.94. The maximum atomic E-state index is 12.3. The van der Waals surface area contributed by atoms with E-state index in [1.807, 2.05) is 36.7 Å². The van der Waals surface area contributed by atoms with E-state index in [0.29, 0.717) is 16.8 Å². The zero-order valence-corrected chi connectivity index (χ0v) is 11.6. The summed E-state index contributed by atoms with van der Waals surface area (Å²) in [4.78, 5) is 15.3. The Morgan fingerprint density at radius 3 is 2.95 bits per heavy atom. The molecule has 0 amide bonds. The molecule has 1 aromatic carbocycles. The normalized spacial score (nSPS) is 10.7. The largest absolute Gasteiger partial charge is 0.367 e. The maximum absolute atomic E-state index is 12.3. The van der Waals surface area contributed by atoms with Crippen molar-refractivity contribution in [2.45, 2.75) is 0 Å². The van der Waals surface area contributed by atoms with E-state index >= 15 is 0 Å². The smallest absolute Gasteiger partial charge is 0.278 e. The molecule has 0 saturated heterocycles. The Labute approximate surface area is 127 Å². The molecule has 0 radical (unpaired) electrons. The number of aromatic nitrogens is 3. The Balaban J connectivity index is 1.81. The molecule has 0 aliphatic rings. The highest BCUT2D eigenvalue weighted by atomic mass is 16.2. The van der Waals surface area contributed by atoms with Gasteiger partial charge in [-0.05, 0) is 42.0 Å². The minimum atomic E-state index is -0.265. The van der Waals surface area contributed by atoms with Gasteiger partial charge in [0.1, 0.15) is 0 Å². The summed E-state index contributed by atoms with van der Waals surface area (Å²) in [5.41, 5.74) is 2.60. The van der Waals surface area contributed by atoms with Crippen LogP contribution in [0.25, 0.3) is 12.2 Å². The first-order valence-corrected chi connectivity index (χ1v) is 6.68. The number of nitrogens with one attached hydrogen (secondary N) is 1. The number of nitriles is 1. The molecule has 106 valence electrons. The van der Waals surface area contributed by atoms with E-state index < -0.39 is 0 Å². The van der Waals surface area contributed by atoms with Crippen LogP contribution in [0, 0.1) is 11.3 Å². The molecule has 0 unspecified atom stereocenters. The number of rotatable bonds is 3. The van der Waals surface area contributed by atoms with Crippen LogP contribution < -0.4 is 0 Å². The summed E-state index contributed by atoms with van der Waals surface area (Å²) in [6.07, 6.45) is 9.05. The molecule has 5 nitrogen and oxygen atoms in total. The lowest BCUT2D eigenvalue weighted by atomic mass is 10.1. The van der Waals surface area contributed by atoms with Gasteiger partial charge in [-0.1, -0.05) is 12.1 Å². The number of nitrogens with zero attached hydrogens (tertiary/aromatic N) is 3. The van der Waals surface area contributed by atoms with Crippen LogP contribution in [0.1, 0.15) is 27.2 Å². The number of benzene rings is 1. The van der Waals surface area contributed by atoms with E-state index in [-0.39, 0.29) is 5.91 Å². The van der Waals surface area contributed by atoms with E-state index in [4.69, 9.17) is 5.26 Å². The van der Waals surface area contributed by atoms with Gasteiger partial charge < -0.3 is 4.98 Å². The average molecular weight is 288 g/mol. The Kier molecular flexibility index (Phi) is 3.67. The lowest BCUT2D eigenvalue weighted by molar-refractivity contribution is 0.0945. The van der Waals surface area contributed by atoms with Crippen molar-refractivity contribution in [3.63, 3.8) is 0 Å². The Morgan fingerprint density at radius 1 is 1.27 bits per heavy atom. The fourth-order valence-electron chi connectivity index (χ4n) is 2.02. The molecule has 0 aliphatic heterocycles. The highest BCUT2D eigenvalue weighted by Gasteiger charge is 2.10. The van der Waals surface area contributed by atoms with Gasteiger partial charge in [0.25, 0.3) is 5.91 Å². The molecular weight excluding hydrogens is 276 g/mol. The average Bonchev–Trinajstić information content (AvgIpc) is 3.23. The topological polar surface area (TPSA) is 74.5 Å². The molecule has 0 aliphatic carbocycles. The summed E-state index contributed by atoms with van der Waals surface area (Å²) in [7, 11) is 0. The third-order valence-electron chi connectivity index (χ3n) is 3.12. The van der Waals surface area contributed by atoms with Crippen molar-refractivity contribution in [1.82, 2.24) is 14.8 Å². The van der Waals surface area contributed by atoms with Gasteiger partial charge in [0.05, 0.1) is 17.3 Å². The van der Waals surface area contributed by atoms with Gasteiger partial charge in [-0.2, -0.15) is 10.4 Å². The Hall–Kier alpha value is -3.39. The minimum Gasteiger partial charge on any atom is -0.367 e. The standard InChI is InChI=1S/C17H12N4O/c18-11-14-2-1-3-15(10-14)17(22)21-9-7-16(20-21)5-4-13-6-8-19-12-13/h1-10,12,19H. The quantitative estimate of drug-likeness (QED) is 0.805. The lowest BCUT2D eigenvalue weighted by Crippen LogP contribution is -2.12. The third kappa shape index (κ3) is 2.86. The summed E-state index contributed by atoms with van der Waals surface area (Å²) >= 11 is 0. The van der Waals surface area contributed by atoms with E-state index in [0.717, 1.165) is 5.56 Å². The van der Waals surface area contributed by atoms with Crippen LogP contribution >= 0.6 is 0 Å². The van der Waals surface area contributed by atoms with E-state index in [1.165, 1.54) is 4.68 Å². The molecule has 5 heteroatoms. The van der Waals surface area contributed by atoms with Crippen LogP contribution in [0.5, 0.6) is 0 Å². The van der Waals surface area contributed by atoms with Crippen LogP contribution in [-0.4, -0.2) is 20.7 Å². The highest BCUT2D eigenvalue weighted by Crippen LogP contribution is 2.09. The number of carbonyl (C=O) groups excluding carboxylic acids is 1. The second-order valence-corrected chi connectivity index (χ2v) is 4.66. The number of carbonyl (C=O) groups is 1. The summed E-state index contributed by atoms with van der Waals surface area (Å²) in [6.45, 7) is 0. The van der Waals surface area contributed by atoms with Gasteiger partial charge in [-0.25, -0.2) is 4.68 Å². The zero-order valence-electron chi connectivity index (χ0n) is 11.6. The molecule has 3 rings (SSSR count). The number of aromatic amines is 1. The van der Waals surface area contributed by atoms with Gasteiger partial charge in [-0.15, -0.1) is 0 Å². The van der Waals surface area contributed by atoms with Crippen LogP contribution in [0.4, 0.5) is 0 Å². The Bertz CT molecular complexity index is 866. The Morgan fingerprint density at radius 2 is 2.18 bits per heavy atom. The summed E-state index contributed by atoms with van der Waals surface area (Å²) in [6, 6.07) is 12.3. The molecule has 2 heterocycles. The molecule has 1 N–H and O–H groups in total. The fraction of sp³-hybridized carbons (Fsp3) is 0. The lowest BCUT2D eigenvalue weighted by Gasteiger charge is -2.00. The van der Waals surface area contributed by atoms with Crippen molar-refractivity contribution in [2.75, 3.05) is 0 Å². The van der Waals surface area contributed by atoms with Crippen molar-refractivity contribution in [2.24, 2.45) is 0 Å². The van der Waals surface area contributed by atoms with Gasteiger partial charge in [-0.3, -0.25) is 4.79 Å². The van der Waals surface area contributed by atoms with E-state index in [1.54, 1.807) is 36.5 Å². The van der Waals surface area contributed by atoms with Crippen molar-refractivity contribution in [3.8, 4) is 6.07 Å². The first-order chi connectivity index (χ1) is 10.8. The van der Waals surface area contributed by atoms with Crippen LogP contribution in [0.15, 0.2) is 55.0 Å². The molecule has 0 fully saturated rings. The van der Waals surface area contributed by atoms with Gasteiger partial charge >= 0.3 is 0 Å². The molecule has 0 bridgehead atoms. The van der Waals surface area contributed by atoms with E-state index in [9.17, 15) is 4.79 Å². The predicted octanol–water partition coefficient (Wildman–Crippen LogP) is 2.94. The fourth-order valence-corrected chi connectivity index (χ4v) is 2.02. The molecule has 22 heavy (non-hydrogen) atoms. The summed E-state index contributed by atoms with van der Waals surface area (Å²) < 4.78 is 1.27. The second-order valence-electron chi connectivity index (χ2n) is 4.66. The number of hydrogen-bond donors (Lipinski definition) is 1. The first kappa shape index (κ1) is 13.6. The van der Waals surface area contributed by atoms with Crippen molar-refractivity contribution < 1.29 is 4.79 Å². The maximum Gasteiger partial charge on any atom is 0.278 e. The zero-order chi connectivity index (χ0) is 15.4. The predicted molar refractivity (Wildman–Crippen MR) is 82.8 cm³/mol. The summed E-state index contributed by atoms with van der Waals surface area (Å²) in [5, 5.41) is 13.1. The minimum absolute atomic E-state index is 0.265. The third-order valence-corrected chi connectivity index (χ3v) is 3.12. The van der Waals surface area contributed by atoms with E-state index in [2.05, 4.69) is 10.1 Å². The highest BCUT2D eigenvalue weighted by molar-refractivity contribution is 5.95. The number of H-pyrrole nitrogens is 1. The van der Waals surface area contributed by atoms with Crippen LogP contribution in [0.3, 0.4) is 0 Å². The molecule has 0 spiro atoms. The molecule has 0 atom stereocenters. The first-order valence-electron chi connectivity index (χ1n) is 6.68. The molecular formula is C17H12N4O. The molecule has 0 saturated carbocycles. The summed E-state index contributed by atoms with van der Waals surface area (Å²) in [5.74, 6) is -0.265. The van der Waals surface area contributed by atoms with Crippen molar-refractivity contribution >= 4 is 18.1 Å². The van der Waals surface area contributed by atoms with Gasteiger partial charge in [0, 0.05) is 24.2 Å². The number of hydrogen-bond acceptors (Lipinski definition) is 3. The van der Waals surface area contributed by atoms with Gasteiger partial charge in [0.15, 0.2) is 0 Å². The van der Waals surface area contributed by atoms with Gasteiger partial charge in [0.2, 0.25) is 0 Å². The SMILES string of the molecule is N#Cc1cccc(C(=O)n2ccc(C=Cc3cc[nH]c3)n2)c1. The van der Waals surface area contributed by atoms with Crippen LogP contribution in [0.2, 0.25) is 0 Å². The van der Waals surface area contributed by atoms with Crippen molar-refractivity contribution in [3.05, 3.63) is 77.4 Å². The molecule has 3 aromatic rings.